The number of anilines is 1. The van der Waals surface area contributed by atoms with Gasteiger partial charge in [-0.2, -0.15) is 0 Å². The first-order chi connectivity index (χ1) is 7.65. The van der Waals surface area contributed by atoms with Crippen molar-refractivity contribution in [1.29, 1.82) is 0 Å². The molecule has 1 aromatic rings. The molecule has 0 aromatic heterocycles. The molecule has 86 valence electrons. The molecule has 0 spiro atoms. The number of hydrogen-bond donors (Lipinski definition) is 2. The predicted octanol–water partition coefficient (Wildman–Crippen LogP) is 2.81. The number of nitrogens with one attached hydrogen (secondary N) is 2. The molecule has 1 fully saturated rings. The molecule has 0 heterocycles. The minimum absolute atomic E-state index is 0.224. The second kappa shape index (κ2) is 4.51. The molecule has 1 aromatic carbocycles. The summed E-state index contributed by atoms with van der Waals surface area (Å²) in [6.07, 6.45) is 3.19. The molecule has 2 amide bonds. The highest BCUT2D eigenvalue weighted by molar-refractivity contribution is 5.89. The summed E-state index contributed by atoms with van der Waals surface area (Å²) in [5.74, 6) is -0.399. The van der Waals surface area contributed by atoms with Gasteiger partial charge in [0.1, 0.15) is 5.82 Å². The Hall–Kier alpha value is -1.58. The monoisotopic (exact) mass is 222 g/mol. The minimum atomic E-state index is -0.399. The van der Waals surface area contributed by atoms with Crippen LogP contribution in [0.4, 0.5) is 14.9 Å². The van der Waals surface area contributed by atoms with E-state index in [0.717, 1.165) is 24.8 Å². The third-order valence-corrected chi connectivity index (χ3v) is 2.81. The van der Waals surface area contributed by atoms with E-state index >= 15 is 0 Å². The summed E-state index contributed by atoms with van der Waals surface area (Å²) in [5.41, 5.74) is 1.06. The number of hydrogen-bond acceptors (Lipinski definition) is 1. The largest absolute Gasteiger partial charge is 0.335 e. The third kappa shape index (κ3) is 2.51. The highest BCUT2D eigenvalue weighted by atomic mass is 19.1. The van der Waals surface area contributed by atoms with E-state index in [1.165, 1.54) is 6.07 Å². The summed E-state index contributed by atoms with van der Waals surface area (Å²) in [7, 11) is 0. The van der Waals surface area contributed by atoms with Crippen LogP contribution in [0.3, 0.4) is 0 Å². The van der Waals surface area contributed by atoms with Gasteiger partial charge in [-0.15, -0.1) is 0 Å². The predicted molar refractivity (Wildman–Crippen MR) is 60.9 cm³/mol. The van der Waals surface area contributed by atoms with Crippen molar-refractivity contribution >= 4 is 11.7 Å². The van der Waals surface area contributed by atoms with Crippen molar-refractivity contribution in [2.24, 2.45) is 0 Å². The highest BCUT2D eigenvalue weighted by Crippen LogP contribution is 2.19. The first kappa shape index (κ1) is 10.9. The first-order valence-electron chi connectivity index (χ1n) is 5.49. The van der Waals surface area contributed by atoms with Crippen LogP contribution in [-0.4, -0.2) is 12.1 Å². The fraction of sp³-hybridized carbons (Fsp3) is 0.417. The van der Waals surface area contributed by atoms with Crippen LogP contribution in [0.25, 0.3) is 0 Å². The zero-order chi connectivity index (χ0) is 11.5. The molecule has 3 nitrogen and oxygen atoms in total. The number of halogens is 1. The topological polar surface area (TPSA) is 41.1 Å². The quantitative estimate of drug-likeness (QED) is 0.793. The fourth-order valence-electron chi connectivity index (χ4n) is 1.62. The Morgan fingerprint density at radius 2 is 2.19 bits per heavy atom. The second-order valence-corrected chi connectivity index (χ2v) is 4.21. The molecule has 1 aliphatic carbocycles. The van der Waals surface area contributed by atoms with Gasteiger partial charge in [0.2, 0.25) is 0 Å². The van der Waals surface area contributed by atoms with E-state index in [4.69, 9.17) is 0 Å². The molecule has 0 atom stereocenters. The van der Waals surface area contributed by atoms with Crippen LogP contribution < -0.4 is 10.6 Å². The number of urea groups is 1. The van der Waals surface area contributed by atoms with Gasteiger partial charge in [-0.1, -0.05) is 6.07 Å². The number of benzene rings is 1. The molecule has 4 heteroatoms. The number of rotatable bonds is 2. The van der Waals surface area contributed by atoms with Crippen LogP contribution in [-0.2, 0) is 0 Å². The maximum atomic E-state index is 13.4. The highest BCUT2D eigenvalue weighted by Gasteiger charge is 2.19. The SMILES string of the molecule is Cc1ccc(NC(=O)NC2CCC2)c(F)c1. The van der Waals surface area contributed by atoms with Gasteiger partial charge in [0.25, 0.3) is 0 Å². The van der Waals surface area contributed by atoms with Crippen molar-refractivity contribution in [2.75, 3.05) is 5.32 Å². The molecule has 1 aliphatic rings. The van der Waals surface area contributed by atoms with Gasteiger partial charge in [-0.25, -0.2) is 9.18 Å². The summed E-state index contributed by atoms with van der Waals surface area (Å²) in [6.45, 7) is 1.81. The van der Waals surface area contributed by atoms with E-state index in [1.807, 2.05) is 0 Å². The minimum Gasteiger partial charge on any atom is -0.335 e. The molecular weight excluding hydrogens is 207 g/mol. The van der Waals surface area contributed by atoms with Gasteiger partial charge in [0.15, 0.2) is 0 Å². The molecule has 0 unspecified atom stereocenters. The summed E-state index contributed by atoms with van der Waals surface area (Å²) < 4.78 is 13.4. The molecular formula is C12H15FN2O. The van der Waals surface area contributed by atoms with Gasteiger partial charge in [0, 0.05) is 6.04 Å². The lowest BCUT2D eigenvalue weighted by atomic mass is 9.93. The normalized spacial score (nSPS) is 15.4. The lowest BCUT2D eigenvalue weighted by Gasteiger charge is -2.26. The van der Waals surface area contributed by atoms with Gasteiger partial charge < -0.3 is 10.6 Å². The Kier molecular flexibility index (Phi) is 3.08. The van der Waals surface area contributed by atoms with E-state index in [0.29, 0.717) is 0 Å². The summed E-state index contributed by atoms with van der Waals surface area (Å²) in [5, 5.41) is 5.30. The molecule has 0 aliphatic heterocycles. The van der Waals surface area contributed by atoms with E-state index in [9.17, 15) is 9.18 Å². The van der Waals surface area contributed by atoms with Crippen LogP contribution in [0, 0.1) is 12.7 Å². The maximum absolute atomic E-state index is 13.4. The summed E-state index contributed by atoms with van der Waals surface area (Å²) in [6, 6.07) is 4.67. The number of amides is 2. The number of aryl methyl sites for hydroxylation is 1. The van der Waals surface area contributed by atoms with Gasteiger partial charge in [-0.3, -0.25) is 0 Å². The molecule has 0 bridgehead atoms. The molecule has 2 rings (SSSR count). The molecule has 1 saturated carbocycles. The van der Waals surface area contributed by atoms with Crippen molar-refractivity contribution < 1.29 is 9.18 Å². The zero-order valence-corrected chi connectivity index (χ0v) is 9.22. The summed E-state index contributed by atoms with van der Waals surface area (Å²) in [4.78, 5) is 11.5. The van der Waals surface area contributed by atoms with Gasteiger partial charge in [0.05, 0.1) is 5.69 Å². The average Bonchev–Trinajstić information content (AvgIpc) is 2.16. The van der Waals surface area contributed by atoms with Crippen LogP contribution in [0.15, 0.2) is 18.2 Å². The maximum Gasteiger partial charge on any atom is 0.319 e. The van der Waals surface area contributed by atoms with Crippen LogP contribution in [0.2, 0.25) is 0 Å². The molecule has 0 radical (unpaired) electrons. The second-order valence-electron chi connectivity index (χ2n) is 4.21. The molecule has 2 N–H and O–H groups in total. The van der Waals surface area contributed by atoms with Crippen molar-refractivity contribution in [3.05, 3.63) is 29.6 Å². The Bertz CT molecular complexity index is 402. The van der Waals surface area contributed by atoms with Gasteiger partial charge in [-0.05, 0) is 43.9 Å². The molecule has 0 saturated heterocycles. The Morgan fingerprint density at radius 3 is 2.75 bits per heavy atom. The van der Waals surface area contributed by atoms with Crippen LogP contribution >= 0.6 is 0 Å². The first-order valence-corrected chi connectivity index (χ1v) is 5.49. The van der Waals surface area contributed by atoms with E-state index in [2.05, 4.69) is 10.6 Å². The Morgan fingerprint density at radius 1 is 1.44 bits per heavy atom. The lowest BCUT2D eigenvalue weighted by Crippen LogP contribution is -2.41. The fourth-order valence-corrected chi connectivity index (χ4v) is 1.62. The van der Waals surface area contributed by atoms with Crippen molar-refractivity contribution in [3.8, 4) is 0 Å². The Labute approximate surface area is 94.0 Å². The smallest absolute Gasteiger partial charge is 0.319 e. The van der Waals surface area contributed by atoms with E-state index < -0.39 is 5.82 Å². The van der Waals surface area contributed by atoms with Crippen molar-refractivity contribution in [3.63, 3.8) is 0 Å². The van der Waals surface area contributed by atoms with Crippen LogP contribution in [0.5, 0.6) is 0 Å². The Balaban J connectivity index is 1.94. The van der Waals surface area contributed by atoms with Crippen LogP contribution in [0.1, 0.15) is 24.8 Å². The van der Waals surface area contributed by atoms with Crippen molar-refractivity contribution in [1.82, 2.24) is 5.32 Å². The standard InChI is InChI=1S/C12H15FN2O/c1-8-5-6-11(10(13)7-8)15-12(16)14-9-3-2-4-9/h5-7,9H,2-4H2,1H3,(H2,14,15,16). The lowest BCUT2D eigenvalue weighted by molar-refractivity contribution is 0.240. The number of carbonyl (C=O) groups excluding carboxylic acids is 1. The average molecular weight is 222 g/mol. The van der Waals surface area contributed by atoms with E-state index in [-0.39, 0.29) is 17.8 Å². The number of carbonyl (C=O) groups is 1. The summed E-state index contributed by atoms with van der Waals surface area (Å²) >= 11 is 0. The van der Waals surface area contributed by atoms with Gasteiger partial charge >= 0.3 is 6.03 Å². The molecule has 16 heavy (non-hydrogen) atoms. The third-order valence-electron chi connectivity index (χ3n) is 2.81. The van der Waals surface area contributed by atoms with Crippen molar-refractivity contribution in [2.45, 2.75) is 32.2 Å². The van der Waals surface area contributed by atoms with E-state index in [1.54, 1.807) is 19.1 Å². The zero-order valence-electron chi connectivity index (χ0n) is 9.22.